The molecule has 120 valence electrons. The van der Waals surface area contributed by atoms with Gasteiger partial charge in [-0.2, -0.15) is 0 Å². The van der Waals surface area contributed by atoms with Crippen LogP contribution in [0.15, 0.2) is 18.2 Å². The molecule has 0 aliphatic rings. The van der Waals surface area contributed by atoms with Gasteiger partial charge in [0.15, 0.2) is 0 Å². The number of halogens is 2. The first-order valence-corrected chi connectivity index (χ1v) is 8.13. The molecule has 1 rings (SSSR count). The monoisotopic (exact) mass is 315 g/mol. The maximum atomic E-state index is 13.2. The molecule has 0 saturated heterocycles. The summed E-state index contributed by atoms with van der Waals surface area (Å²) in [6, 6.07) is 4.76. The fourth-order valence-electron chi connectivity index (χ4n) is 2.84. The molecule has 1 N–H and O–H groups in total. The molecule has 0 radical (unpaired) electrons. The lowest BCUT2D eigenvalue weighted by Gasteiger charge is -2.39. The van der Waals surface area contributed by atoms with Crippen LogP contribution in [0, 0.1) is 5.82 Å². The molecule has 0 heterocycles. The van der Waals surface area contributed by atoms with E-state index in [0.29, 0.717) is 5.02 Å². The molecule has 0 bridgehead atoms. The quantitative estimate of drug-likeness (QED) is 0.719. The van der Waals surface area contributed by atoms with Crippen LogP contribution in [0.1, 0.15) is 45.6 Å². The zero-order valence-electron chi connectivity index (χ0n) is 13.5. The summed E-state index contributed by atoms with van der Waals surface area (Å²) < 4.78 is 19.0. The van der Waals surface area contributed by atoms with Crippen molar-refractivity contribution in [2.45, 2.75) is 58.1 Å². The van der Waals surface area contributed by atoms with Gasteiger partial charge in [0.25, 0.3) is 0 Å². The van der Waals surface area contributed by atoms with Crippen molar-refractivity contribution in [3.63, 3.8) is 0 Å². The van der Waals surface area contributed by atoms with E-state index in [4.69, 9.17) is 16.3 Å². The van der Waals surface area contributed by atoms with Gasteiger partial charge in [-0.05, 0) is 49.9 Å². The molecule has 0 aliphatic carbocycles. The lowest BCUT2D eigenvalue weighted by atomic mass is 9.84. The van der Waals surface area contributed by atoms with Crippen LogP contribution in [0.4, 0.5) is 4.39 Å². The van der Waals surface area contributed by atoms with Gasteiger partial charge in [-0.25, -0.2) is 4.39 Å². The van der Waals surface area contributed by atoms with Crippen LogP contribution in [0.2, 0.25) is 5.02 Å². The molecule has 1 atom stereocenters. The van der Waals surface area contributed by atoms with Gasteiger partial charge in [-0.1, -0.05) is 38.4 Å². The molecule has 0 fully saturated rings. The predicted octanol–water partition coefficient (Wildman–Crippen LogP) is 4.60. The van der Waals surface area contributed by atoms with Gasteiger partial charge >= 0.3 is 0 Å². The standard InChI is InChI=1S/C17H27ClFNO/c1-5-10-20-16(17(6-2,7-3)21-4)11-13-8-9-14(19)12-15(13)18/h8-9,12,16,20H,5-7,10-11H2,1-4H3. The van der Waals surface area contributed by atoms with Gasteiger partial charge in [0, 0.05) is 18.2 Å². The van der Waals surface area contributed by atoms with Gasteiger partial charge in [0.05, 0.1) is 5.60 Å². The van der Waals surface area contributed by atoms with Crippen molar-refractivity contribution in [1.29, 1.82) is 0 Å². The number of hydrogen-bond donors (Lipinski definition) is 1. The van der Waals surface area contributed by atoms with Crippen molar-refractivity contribution in [2.75, 3.05) is 13.7 Å². The number of rotatable bonds is 9. The Morgan fingerprint density at radius 1 is 1.29 bits per heavy atom. The largest absolute Gasteiger partial charge is 0.377 e. The van der Waals surface area contributed by atoms with Crippen molar-refractivity contribution in [3.05, 3.63) is 34.6 Å². The van der Waals surface area contributed by atoms with Gasteiger partial charge in [-0.15, -0.1) is 0 Å². The summed E-state index contributed by atoms with van der Waals surface area (Å²) in [5.41, 5.74) is 0.724. The number of hydrogen-bond acceptors (Lipinski definition) is 2. The number of ether oxygens (including phenoxy) is 1. The Balaban J connectivity index is 3.01. The second-order valence-corrected chi connectivity index (χ2v) is 5.83. The molecule has 0 aromatic heterocycles. The molecule has 0 amide bonds. The highest BCUT2D eigenvalue weighted by Crippen LogP contribution is 2.29. The second-order valence-electron chi connectivity index (χ2n) is 5.42. The summed E-state index contributed by atoms with van der Waals surface area (Å²) in [6.07, 6.45) is 3.62. The van der Waals surface area contributed by atoms with Crippen LogP contribution < -0.4 is 5.32 Å². The van der Waals surface area contributed by atoms with Crippen LogP contribution in [-0.4, -0.2) is 25.3 Å². The third-order valence-electron chi connectivity index (χ3n) is 4.32. The van der Waals surface area contributed by atoms with E-state index in [0.717, 1.165) is 37.8 Å². The van der Waals surface area contributed by atoms with E-state index in [-0.39, 0.29) is 17.5 Å². The van der Waals surface area contributed by atoms with E-state index in [1.165, 1.54) is 12.1 Å². The first-order chi connectivity index (χ1) is 10.0. The summed E-state index contributed by atoms with van der Waals surface area (Å²) >= 11 is 6.18. The van der Waals surface area contributed by atoms with Gasteiger partial charge in [0.2, 0.25) is 0 Å². The SMILES string of the molecule is CCCNC(Cc1ccc(F)cc1Cl)C(CC)(CC)OC. The summed E-state index contributed by atoms with van der Waals surface area (Å²) in [6.45, 7) is 7.34. The third kappa shape index (κ3) is 4.67. The Morgan fingerprint density at radius 3 is 2.43 bits per heavy atom. The van der Waals surface area contributed by atoms with Crippen molar-refractivity contribution in [2.24, 2.45) is 0 Å². The normalized spacial score (nSPS) is 13.4. The molecule has 1 aromatic rings. The number of benzene rings is 1. The highest BCUT2D eigenvalue weighted by atomic mass is 35.5. The lowest BCUT2D eigenvalue weighted by molar-refractivity contribution is -0.0471. The first-order valence-electron chi connectivity index (χ1n) is 7.75. The Bertz CT molecular complexity index is 427. The Kier molecular flexibility index (Phi) is 7.64. The van der Waals surface area contributed by atoms with Crippen LogP contribution in [0.5, 0.6) is 0 Å². The highest BCUT2D eigenvalue weighted by molar-refractivity contribution is 6.31. The minimum Gasteiger partial charge on any atom is -0.377 e. The molecule has 2 nitrogen and oxygen atoms in total. The van der Waals surface area contributed by atoms with Crippen LogP contribution >= 0.6 is 11.6 Å². The van der Waals surface area contributed by atoms with Crippen molar-refractivity contribution in [1.82, 2.24) is 5.32 Å². The Morgan fingerprint density at radius 2 is 1.95 bits per heavy atom. The molecule has 0 spiro atoms. The first kappa shape index (κ1) is 18.4. The van der Waals surface area contributed by atoms with Crippen molar-refractivity contribution >= 4 is 11.6 Å². The predicted molar refractivity (Wildman–Crippen MR) is 87.5 cm³/mol. The van der Waals surface area contributed by atoms with Crippen molar-refractivity contribution < 1.29 is 9.13 Å². The second kappa shape index (κ2) is 8.72. The Labute approximate surface area is 133 Å². The average Bonchev–Trinajstić information content (AvgIpc) is 2.49. The fourth-order valence-corrected chi connectivity index (χ4v) is 3.09. The van der Waals surface area contributed by atoms with Gasteiger partial charge in [-0.3, -0.25) is 0 Å². The minimum atomic E-state index is -0.300. The zero-order chi connectivity index (χ0) is 15.9. The van der Waals surface area contributed by atoms with Crippen LogP contribution in [0.25, 0.3) is 0 Å². The maximum absolute atomic E-state index is 13.2. The molecular weight excluding hydrogens is 289 g/mol. The highest BCUT2D eigenvalue weighted by Gasteiger charge is 2.35. The summed E-state index contributed by atoms with van der Waals surface area (Å²) in [4.78, 5) is 0. The molecule has 1 unspecified atom stereocenters. The number of methoxy groups -OCH3 is 1. The smallest absolute Gasteiger partial charge is 0.124 e. The molecule has 0 aliphatic heterocycles. The fraction of sp³-hybridized carbons (Fsp3) is 0.647. The third-order valence-corrected chi connectivity index (χ3v) is 4.67. The summed E-state index contributed by atoms with van der Waals surface area (Å²) in [5, 5.41) is 4.06. The van der Waals surface area contributed by atoms with Gasteiger partial charge < -0.3 is 10.1 Å². The van der Waals surface area contributed by atoms with Crippen LogP contribution in [-0.2, 0) is 11.2 Å². The maximum Gasteiger partial charge on any atom is 0.124 e. The molecular formula is C17H27ClFNO. The molecule has 0 saturated carbocycles. The van der Waals surface area contributed by atoms with Crippen LogP contribution in [0.3, 0.4) is 0 Å². The average molecular weight is 316 g/mol. The van der Waals surface area contributed by atoms with E-state index in [9.17, 15) is 4.39 Å². The zero-order valence-corrected chi connectivity index (χ0v) is 14.3. The molecule has 1 aromatic carbocycles. The Hall–Kier alpha value is -0.640. The van der Waals surface area contributed by atoms with E-state index < -0.39 is 0 Å². The molecule has 21 heavy (non-hydrogen) atoms. The minimum absolute atomic E-state index is 0.153. The summed E-state index contributed by atoms with van der Waals surface area (Å²) in [5.74, 6) is -0.300. The van der Waals surface area contributed by atoms with Crippen molar-refractivity contribution in [3.8, 4) is 0 Å². The summed E-state index contributed by atoms with van der Waals surface area (Å²) in [7, 11) is 1.76. The van der Waals surface area contributed by atoms with E-state index in [2.05, 4.69) is 26.1 Å². The lowest BCUT2D eigenvalue weighted by Crippen LogP contribution is -2.53. The number of nitrogens with one attached hydrogen (secondary N) is 1. The molecule has 4 heteroatoms. The van der Waals surface area contributed by atoms with E-state index in [1.54, 1.807) is 13.2 Å². The van der Waals surface area contributed by atoms with Gasteiger partial charge in [0.1, 0.15) is 5.82 Å². The van der Waals surface area contributed by atoms with E-state index >= 15 is 0 Å². The topological polar surface area (TPSA) is 21.3 Å². The van der Waals surface area contributed by atoms with E-state index in [1.807, 2.05) is 0 Å².